The number of carbonyl (C=O) groups is 2. The molecule has 0 aliphatic heterocycles. The zero-order chi connectivity index (χ0) is 15.7. The first-order valence-electron chi connectivity index (χ1n) is 7.04. The Bertz CT molecular complexity index is 512. The summed E-state index contributed by atoms with van der Waals surface area (Å²) in [7, 11) is 0. The van der Waals surface area contributed by atoms with Gasteiger partial charge in [0, 0.05) is 19.2 Å². The fourth-order valence-corrected chi connectivity index (χ4v) is 1.96. The third kappa shape index (κ3) is 6.72. The maximum Gasteiger partial charge on any atom is 0.328 e. The Kier molecular flexibility index (Phi) is 7.18. The highest BCUT2D eigenvalue weighted by Crippen LogP contribution is 2.10. The molecule has 5 heteroatoms. The maximum atomic E-state index is 11.6. The molecule has 0 bridgehead atoms. The second kappa shape index (κ2) is 8.92. The number of nitrogens with zero attached hydrogens (tertiary/aromatic N) is 1. The Morgan fingerprint density at radius 2 is 2.10 bits per heavy atom. The van der Waals surface area contributed by atoms with Crippen LogP contribution in [0.25, 0.3) is 6.08 Å². The molecule has 0 saturated carbocycles. The van der Waals surface area contributed by atoms with E-state index in [1.54, 1.807) is 6.08 Å². The lowest BCUT2D eigenvalue weighted by atomic mass is 10.1. The van der Waals surface area contributed by atoms with E-state index in [4.69, 9.17) is 5.11 Å². The number of likely N-dealkylation sites (N-methyl/N-ethyl adjacent to an activating group) is 2. The minimum Gasteiger partial charge on any atom is -0.478 e. The number of rotatable bonds is 8. The molecular weight excluding hydrogens is 268 g/mol. The number of carbonyl (C=O) groups excluding carboxylic acids is 1. The summed E-state index contributed by atoms with van der Waals surface area (Å²) in [6, 6.07) is 7.64. The number of amides is 1. The summed E-state index contributed by atoms with van der Waals surface area (Å²) in [5.41, 5.74) is 1.89. The number of carboxylic acids is 1. The standard InChI is InChI=1S/C16H22N2O3/c1-3-17-15(19)12-18(4-2)11-14-7-5-6-13(10-14)8-9-16(20)21/h5-10H,3-4,11-12H2,1-2H3,(H,17,19)(H,20,21). The van der Waals surface area contributed by atoms with E-state index in [2.05, 4.69) is 5.32 Å². The Balaban J connectivity index is 2.69. The minimum atomic E-state index is -0.966. The van der Waals surface area contributed by atoms with Crippen LogP contribution in [0.5, 0.6) is 0 Å². The molecule has 0 aromatic heterocycles. The third-order valence-electron chi connectivity index (χ3n) is 2.96. The van der Waals surface area contributed by atoms with Crippen LogP contribution in [-0.2, 0) is 16.1 Å². The molecule has 5 nitrogen and oxygen atoms in total. The zero-order valence-electron chi connectivity index (χ0n) is 12.5. The van der Waals surface area contributed by atoms with Gasteiger partial charge in [-0.05, 0) is 30.7 Å². The lowest BCUT2D eigenvalue weighted by Gasteiger charge is -2.20. The highest BCUT2D eigenvalue weighted by molar-refractivity contribution is 5.85. The van der Waals surface area contributed by atoms with E-state index in [1.165, 1.54) is 0 Å². The Labute approximate surface area is 125 Å². The number of aliphatic carboxylic acids is 1. The van der Waals surface area contributed by atoms with Crippen LogP contribution in [0.4, 0.5) is 0 Å². The molecule has 0 atom stereocenters. The number of hydrogen-bond donors (Lipinski definition) is 2. The molecule has 0 aliphatic rings. The van der Waals surface area contributed by atoms with E-state index in [1.807, 2.05) is 43.0 Å². The summed E-state index contributed by atoms with van der Waals surface area (Å²) in [6.07, 6.45) is 2.68. The van der Waals surface area contributed by atoms with E-state index < -0.39 is 5.97 Å². The quantitative estimate of drug-likeness (QED) is 0.716. The fourth-order valence-electron chi connectivity index (χ4n) is 1.96. The van der Waals surface area contributed by atoms with Gasteiger partial charge in [-0.3, -0.25) is 9.69 Å². The number of hydrogen-bond acceptors (Lipinski definition) is 3. The first-order chi connectivity index (χ1) is 10.0. The molecule has 0 aliphatic carbocycles. The van der Waals surface area contributed by atoms with Crippen molar-refractivity contribution >= 4 is 18.0 Å². The van der Waals surface area contributed by atoms with Crippen molar-refractivity contribution in [2.75, 3.05) is 19.6 Å². The molecule has 114 valence electrons. The average molecular weight is 290 g/mol. The molecule has 0 heterocycles. The molecule has 1 rings (SSSR count). The van der Waals surface area contributed by atoms with Crippen molar-refractivity contribution < 1.29 is 14.7 Å². The van der Waals surface area contributed by atoms with Gasteiger partial charge in [-0.1, -0.05) is 31.2 Å². The van der Waals surface area contributed by atoms with E-state index in [-0.39, 0.29) is 5.91 Å². The highest BCUT2D eigenvalue weighted by atomic mass is 16.4. The molecule has 1 aromatic carbocycles. The van der Waals surface area contributed by atoms with Crippen LogP contribution >= 0.6 is 0 Å². The lowest BCUT2D eigenvalue weighted by molar-refractivity contribution is -0.131. The number of benzene rings is 1. The van der Waals surface area contributed by atoms with Gasteiger partial charge in [-0.25, -0.2) is 4.79 Å². The Morgan fingerprint density at radius 1 is 1.33 bits per heavy atom. The summed E-state index contributed by atoms with van der Waals surface area (Å²) in [5.74, 6) is -0.951. The van der Waals surface area contributed by atoms with Gasteiger partial charge in [0.2, 0.25) is 5.91 Å². The largest absolute Gasteiger partial charge is 0.478 e. The van der Waals surface area contributed by atoms with Crippen LogP contribution in [0.3, 0.4) is 0 Å². The Hall–Kier alpha value is -2.14. The zero-order valence-corrected chi connectivity index (χ0v) is 12.5. The van der Waals surface area contributed by atoms with E-state index in [9.17, 15) is 9.59 Å². The predicted molar refractivity (Wildman–Crippen MR) is 82.7 cm³/mol. The molecule has 21 heavy (non-hydrogen) atoms. The highest BCUT2D eigenvalue weighted by Gasteiger charge is 2.08. The lowest BCUT2D eigenvalue weighted by Crippen LogP contribution is -2.36. The Morgan fingerprint density at radius 3 is 2.71 bits per heavy atom. The second-order valence-electron chi connectivity index (χ2n) is 4.67. The monoisotopic (exact) mass is 290 g/mol. The second-order valence-corrected chi connectivity index (χ2v) is 4.67. The summed E-state index contributed by atoms with van der Waals surface area (Å²) in [6.45, 7) is 6.32. The first kappa shape index (κ1) is 16.9. The summed E-state index contributed by atoms with van der Waals surface area (Å²) < 4.78 is 0. The molecule has 1 aromatic rings. The van der Waals surface area contributed by atoms with E-state index in [0.29, 0.717) is 19.6 Å². The average Bonchev–Trinajstić information content (AvgIpc) is 2.45. The molecule has 0 radical (unpaired) electrons. The van der Waals surface area contributed by atoms with Crippen molar-refractivity contribution in [3.8, 4) is 0 Å². The summed E-state index contributed by atoms with van der Waals surface area (Å²) in [4.78, 5) is 24.2. The smallest absolute Gasteiger partial charge is 0.328 e. The van der Waals surface area contributed by atoms with E-state index in [0.717, 1.165) is 23.7 Å². The van der Waals surface area contributed by atoms with Gasteiger partial charge in [-0.15, -0.1) is 0 Å². The van der Waals surface area contributed by atoms with Crippen LogP contribution in [0.1, 0.15) is 25.0 Å². The third-order valence-corrected chi connectivity index (χ3v) is 2.96. The topological polar surface area (TPSA) is 69.6 Å². The van der Waals surface area contributed by atoms with Crippen LogP contribution < -0.4 is 5.32 Å². The number of nitrogens with one attached hydrogen (secondary N) is 1. The SMILES string of the molecule is CCNC(=O)CN(CC)Cc1cccc(C=CC(=O)O)c1. The molecule has 0 fully saturated rings. The predicted octanol–water partition coefficient (Wildman–Crippen LogP) is 1.74. The molecule has 2 N–H and O–H groups in total. The van der Waals surface area contributed by atoms with Gasteiger partial charge in [0.1, 0.15) is 0 Å². The van der Waals surface area contributed by atoms with Gasteiger partial charge < -0.3 is 10.4 Å². The van der Waals surface area contributed by atoms with Crippen LogP contribution in [-0.4, -0.2) is 41.5 Å². The van der Waals surface area contributed by atoms with Crippen LogP contribution in [0.15, 0.2) is 30.3 Å². The fraction of sp³-hybridized carbons (Fsp3) is 0.375. The van der Waals surface area contributed by atoms with Crippen molar-refractivity contribution in [3.63, 3.8) is 0 Å². The van der Waals surface area contributed by atoms with Crippen molar-refractivity contribution in [2.24, 2.45) is 0 Å². The van der Waals surface area contributed by atoms with Crippen molar-refractivity contribution in [2.45, 2.75) is 20.4 Å². The summed E-state index contributed by atoms with van der Waals surface area (Å²) in [5, 5.41) is 11.4. The normalized spacial score (nSPS) is 11.0. The number of carboxylic acid groups (broad SMARTS) is 1. The maximum absolute atomic E-state index is 11.6. The van der Waals surface area contributed by atoms with Crippen LogP contribution in [0, 0.1) is 0 Å². The van der Waals surface area contributed by atoms with Gasteiger partial charge >= 0.3 is 5.97 Å². The first-order valence-corrected chi connectivity index (χ1v) is 7.04. The minimum absolute atomic E-state index is 0.0151. The molecule has 0 unspecified atom stereocenters. The van der Waals surface area contributed by atoms with Crippen molar-refractivity contribution in [1.82, 2.24) is 10.2 Å². The molecule has 0 spiro atoms. The van der Waals surface area contributed by atoms with Crippen LogP contribution in [0.2, 0.25) is 0 Å². The molecule has 0 saturated heterocycles. The van der Waals surface area contributed by atoms with Crippen molar-refractivity contribution in [1.29, 1.82) is 0 Å². The van der Waals surface area contributed by atoms with Gasteiger partial charge in [-0.2, -0.15) is 0 Å². The van der Waals surface area contributed by atoms with Crippen molar-refractivity contribution in [3.05, 3.63) is 41.5 Å². The molecule has 1 amide bonds. The van der Waals surface area contributed by atoms with Gasteiger partial charge in [0.05, 0.1) is 6.54 Å². The van der Waals surface area contributed by atoms with E-state index >= 15 is 0 Å². The van der Waals surface area contributed by atoms with Gasteiger partial charge in [0.25, 0.3) is 0 Å². The van der Waals surface area contributed by atoms with Gasteiger partial charge in [0.15, 0.2) is 0 Å². The molecular formula is C16H22N2O3. The summed E-state index contributed by atoms with van der Waals surface area (Å²) >= 11 is 0.